The van der Waals surface area contributed by atoms with Crippen molar-refractivity contribution in [1.29, 1.82) is 0 Å². The quantitative estimate of drug-likeness (QED) is 0.560. The molecular weight excluding hydrogens is 370 g/mol. The fourth-order valence-electron chi connectivity index (χ4n) is 6.41. The standard InChI is InChI=1S/C26H47N3O/c1-5-10-20(3)29(4)24-15-14-22(17-19(24)2)26(30)28-25(21-11-7-6-8-12-21)23-13-9-16-27-18-23/h9,13,19-25,27H,5-8,10-12,14-18H2,1-4H3,(H,28,30). The van der Waals surface area contributed by atoms with Crippen LogP contribution in [0.1, 0.15) is 85.0 Å². The Morgan fingerprint density at radius 2 is 1.97 bits per heavy atom. The van der Waals surface area contributed by atoms with Crippen LogP contribution >= 0.6 is 0 Å². The summed E-state index contributed by atoms with van der Waals surface area (Å²) >= 11 is 0. The topological polar surface area (TPSA) is 44.4 Å². The summed E-state index contributed by atoms with van der Waals surface area (Å²) in [5, 5.41) is 7.10. The van der Waals surface area contributed by atoms with Crippen molar-refractivity contribution < 1.29 is 4.79 Å². The number of carbonyl (C=O) groups excluding carboxylic acids is 1. The Morgan fingerprint density at radius 1 is 1.20 bits per heavy atom. The van der Waals surface area contributed by atoms with Gasteiger partial charge in [-0.05, 0) is 64.3 Å². The van der Waals surface area contributed by atoms with Gasteiger partial charge >= 0.3 is 0 Å². The molecule has 172 valence electrons. The van der Waals surface area contributed by atoms with Gasteiger partial charge in [0.2, 0.25) is 5.91 Å². The molecule has 0 spiro atoms. The maximum absolute atomic E-state index is 13.4. The maximum atomic E-state index is 13.4. The number of carbonyl (C=O) groups is 1. The minimum absolute atomic E-state index is 0.192. The number of nitrogens with zero attached hydrogens (tertiary/aromatic N) is 1. The normalized spacial score (nSPS) is 32.7. The van der Waals surface area contributed by atoms with E-state index in [1.807, 2.05) is 0 Å². The van der Waals surface area contributed by atoms with Gasteiger partial charge in [0.05, 0.1) is 0 Å². The molecule has 0 aromatic carbocycles. The molecule has 4 heteroatoms. The molecule has 3 aliphatic rings. The summed E-state index contributed by atoms with van der Waals surface area (Å²) in [7, 11) is 2.30. The van der Waals surface area contributed by atoms with Gasteiger partial charge in [-0.1, -0.05) is 51.7 Å². The minimum Gasteiger partial charge on any atom is -0.352 e. The predicted molar refractivity (Wildman–Crippen MR) is 126 cm³/mol. The molecule has 2 fully saturated rings. The lowest BCUT2D eigenvalue weighted by molar-refractivity contribution is -0.128. The highest BCUT2D eigenvalue weighted by Gasteiger charge is 2.37. The number of hydrogen-bond acceptors (Lipinski definition) is 3. The molecule has 3 rings (SSSR count). The lowest BCUT2D eigenvalue weighted by Gasteiger charge is -2.43. The summed E-state index contributed by atoms with van der Waals surface area (Å²) in [6.45, 7) is 8.96. The van der Waals surface area contributed by atoms with Crippen molar-refractivity contribution in [3.63, 3.8) is 0 Å². The summed E-state index contributed by atoms with van der Waals surface area (Å²) in [5.41, 5.74) is 0. The van der Waals surface area contributed by atoms with Crippen molar-refractivity contribution in [2.75, 3.05) is 20.1 Å². The van der Waals surface area contributed by atoms with Crippen molar-refractivity contribution in [2.45, 2.75) is 103 Å². The van der Waals surface area contributed by atoms with Gasteiger partial charge in [0.25, 0.3) is 0 Å². The Hall–Kier alpha value is -0.870. The summed E-state index contributed by atoms with van der Waals surface area (Å²) in [4.78, 5) is 16.0. The van der Waals surface area contributed by atoms with Crippen LogP contribution in [0.25, 0.3) is 0 Å². The second-order valence-electron chi connectivity index (χ2n) is 10.5. The third-order valence-electron chi connectivity index (χ3n) is 8.37. The summed E-state index contributed by atoms with van der Waals surface area (Å²) in [6.07, 6.45) is 16.9. The van der Waals surface area contributed by atoms with Gasteiger partial charge in [-0.15, -0.1) is 0 Å². The third-order valence-corrected chi connectivity index (χ3v) is 8.37. The van der Waals surface area contributed by atoms with E-state index in [-0.39, 0.29) is 5.92 Å². The Bertz CT molecular complexity index is 556. The summed E-state index contributed by atoms with van der Waals surface area (Å²) < 4.78 is 0. The van der Waals surface area contributed by atoms with Gasteiger partial charge in [0.15, 0.2) is 0 Å². The molecule has 1 heterocycles. The predicted octanol–water partition coefficient (Wildman–Crippen LogP) is 4.75. The van der Waals surface area contributed by atoms with Gasteiger partial charge in [0, 0.05) is 43.1 Å². The Labute approximate surface area is 185 Å². The summed E-state index contributed by atoms with van der Waals surface area (Å²) in [5.74, 6) is 2.20. The molecule has 2 N–H and O–H groups in total. The van der Waals surface area contributed by atoms with E-state index in [9.17, 15) is 4.79 Å². The van der Waals surface area contributed by atoms with E-state index >= 15 is 0 Å². The maximum Gasteiger partial charge on any atom is 0.223 e. The zero-order chi connectivity index (χ0) is 21.5. The average molecular weight is 418 g/mol. The molecule has 0 bridgehead atoms. The summed E-state index contributed by atoms with van der Waals surface area (Å²) in [6, 6.07) is 1.56. The molecule has 0 saturated heterocycles. The van der Waals surface area contributed by atoms with Gasteiger partial charge < -0.3 is 15.5 Å². The van der Waals surface area contributed by atoms with Gasteiger partial charge in [-0.25, -0.2) is 0 Å². The third kappa shape index (κ3) is 6.09. The van der Waals surface area contributed by atoms with Crippen molar-refractivity contribution in [3.8, 4) is 0 Å². The second-order valence-corrected chi connectivity index (χ2v) is 10.5. The van der Waals surface area contributed by atoms with Crippen LogP contribution in [-0.4, -0.2) is 49.1 Å². The number of nitrogens with one attached hydrogen (secondary N) is 2. The van der Waals surface area contributed by atoms with E-state index < -0.39 is 0 Å². The van der Waals surface area contributed by atoms with Crippen molar-refractivity contribution >= 4 is 5.91 Å². The van der Waals surface area contributed by atoms with Crippen LogP contribution in [0, 0.1) is 23.7 Å². The molecule has 1 aliphatic heterocycles. The Morgan fingerprint density at radius 3 is 2.60 bits per heavy atom. The van der Waals surface area contributed by atoms with Gasteiger partial charge in [-0.3, -0.25) is 4.79 Å². The molecule has 6 atom stereocenters. The van der Waals surface area contributed by atoms with Crippen LogP contribution in [0.4, 0.5) is 0 Å². The van der Waals surface area contributed by atoms with Crippen molar-refractivity contribution in [2.24, 2.45) is 23.7 Å². The van der Waals surface area contributed by atoms with Crippen LogP contribution < -0.4 is 10.6 Å². The lowest BCUT2D eigenvalue weighted by Crippen LogP contribution is -2.52. The van der Waals surface area contributed by atoms with E-state index in [4.69, 9.17) is 0 Å². The smallest absolute Gasteiger partial charge is 0.223 e. The molecule has 0 aromatic heterocycles. The van der Waals surface area contributed by atoms with Crippen LogP contribution in [0.5, 0.6) is 0 Å². The highest BCUT2D eigenvalue weighted by Crippen LogP contribution is 2.35. The van der Waals surface area contributed by atoms with Crippen LogP contribution in [0.2, 0.25) is 0 Å². The fourth-order valence-corrected chi connectivity index (χ4v) is 6.41. The molecule has 0 radical (unpaired) electrons. The molecule has 30 heavy (non-hydrogen) atoms. The van der Waals surface area contributed by atoms with E-state index in [2.05, 4.69) is 55.5 Å². The molecule has 1 amide bonds. The molecule has 4 nitrogen and oxygen atoms in total. The van der Waals surface area contributed by atoms with Crippen LogP contribution in [0.15, 0.2) is 12.2 Å². The first-order valence-electron chi connectivity index (χ1n) is 12.9. The first-order chi connectivity index (χ1) is 14.5. The lowest BCUT2D eigenvalue weighted by atomic mass is 9.75. The largest absolute Gasteiger partial charge is 0.352 e. The fraction of sp³-hybridized carbons (Fsp3) is 0.885. The zero-order valence-corrected chi connectivity index (χ0v) is 20.0. The van der Waals surface area contributed by atoms with Gasteiger partial charge in [0.1, 0.15) is 0 Å². The molecular formula is C26H47N3O. The Kier molecular flexibility index (Phi) is 9.25. The highest BCUT2D eigenvalue weighted by molar-refractivity contribution is 5.79. The van der Waals surface area contributed by atoms with Gasteiger partial charge in [-0.2, -0.15) is 0 Å². The van der Waals surface area contributed by atoms with E-state index in [1.165, 1.54) is 44.9 Å². The minimum atomic E-state index is 0.192. The van der Waals surface area contributed by atoms with E-state index in [0.717, 1.165) is 32.4 Å². The molecule has 2 aliphatic carbocycles. The number of rotatable bonds is 8. The first kappa shape index (κ1) is 23.8. The van der Waals surface area contributed by atoms with Crippen LogP contribution in [0.3, 0.4) is 0 Å². The van der Waals surface area contributed by atoms with Crippen molar-refractivity contribution in [3.05, 3.63) is 12.2 Å². The van der Waals surface area contributed by atoms with Crippen molar-refractivity contribution in [1.82, 2.24) is 15.5 Å². The van der Waals surface area contributed by atoms with E-state index in [1.54, 1.807) is 0 Å². The first-order valence-corrected chi connectivity index (χ1v) is 12.9. The number of hydrogen-bond donors (Lipinski definition) is 2. The molecule has 6 unspecified atom stereocenters. The highest BCUT2D eigenvalue weighted by atomic mass is 16.2. The average Bonchev–Trinajstić information content (AvgIpc) is 2.78. The Balaban J connectivity index is 1.59. The van der Waals surface area contributed by atoms with Crippen LogP contribution in [-0.2, 0) is 4.79 Å². The monoisotopic (exact) mass is 417 g/mol. The molecule has 2 saturated carbocycles. The molecule has 0 aromatic rings. The van der Waals surface area contributed by atoms with E-state index in [0.29, 0.717) is 41.8 Å². The SMILES string of the molecule is CCCC(C)N(C)C1CCC(C(=O)NC(C2C=CCNC2)C2CCCCC2)CC1C. The zero-order valence-electron chi connectivity index (χ0n) is 20.0. The number of amides is 1. The second kappa shape index (κ2) is 11.7.